The van der Waals surface area contributed by atoms with Crippen LogP contribution in [0.2, 0.25) is 0 Å². The third-order valence-corrected chi connectivity index (χ3v) is 5.02. The molecule has 0 amide bonds. The summed E-state index contributed by atoms with van der Waals surface area (Å²) in [6, 6.07) is 16.3. The lowest BCUT2D eigenvalue weighted by molar-refractivity contribution is 0.119. The SMILES string of the molecule is NC(=NCc1ccccc1OC1CCC1)NC1CCOc2ccccc21. The third kappa shape index (κ3) is 3.77. The maximum atomic E-state index is 6.16. The van der Waals surface area contributed by atoms with Crippen molar-refractivity contribution in [2.24, 2.45) is 10.7 Å². The second-order valence-electron chi connectivity index (χ2n) is 6.85. The average Bonchev–Trinajstić information content (AvgIpc) is 2.64. The molecule has 136 valence electrons. The number of guanidine groups is 1. The summed E-state index contributed by atoms with van der Waals surface area (Å²) >= 11 is 0. The number of nitrogens with one attached hydrogen (secondary N) is 1. The molecule has 5 nitrogen and oxygen atoms in total. The van der Waals surface area contributed by atoms with Gasteiger partial charge in [0.05, 0.1) is 25.3 Å². The highest BCUT2D eigenvalue weighted by molar-refractivity contribution is 5.78. The normalized spacial score (nSPS) is 19.8. The van der Waals surface area contributed by atoms with Crippen LogP contribution in [0.15, 0.2) is 53.5 Å². The van der Waals surface area contributed by atoms with Gasteiger partial charge in [-0.15, -0.1) is 0 Å². The molecule has 1 aliphatic heterocycles. The van der Waals surface area contributed by atoms with Crippen molar-refractivity contribution in [3.63, 3.8) is 0 Å². The first-order valence-corrected chi connectivity index (χ1v) is 9.32. The van der Waals surface area contributed by atoms with Crippen LogP contribution in [0.4, 0.5) is 0 Å². The summed E-state index contributed by atoms with van der Waals surface area (Å²) in [4.78, 5) is 4.54. The molecule has 5 heteroatoms. The van der Waals surface area contributed by atoms with Gasteiger partial charge in [0.15, 0.2) is 5.96 Å². The van der Waals surface area contributed by atoms with E-state index in [1.54, 1.807) is 0 Å². The largest absolute Gasteiger partial charge is 0.493 e. The molecule has 1 saturated carbocycles. The van der Waals surface area contributed by atoms with Gasteiger partial charge in [0.2, 0.25) is 0 Å². The zero-order valence-electron chi connectivity index (χ0n) is 14.9. The lowest BCUT2D eigenvalue weighted by Crippen LogP contribution is -2.37. The molecule has 1 atom stereocenters. The highest BCUT2D eigenvalue weighted by Gasteiger charge is 2.22. The van der Waals surface area contributed by atoms with Crippen LogP contribution >= 0.6 is 0 Å². The maximum absolute atomic E-state index is 6.16. The number of nitrogens with zero attached hydrogens (tertiary/aromatic N) is 1. The van der Waals surface area contributed by atoms with Crippen molar-refractivity contribution >= 4 is 5.96 Å². The molecule has 3 N–H and O–H groups in total. The number of rotatable bonds is 5. The van der Waals surface area contributed by atoms with E-state index in [0.29, 0.717) is 25.2 Å². The minimum absolute atomic E-state index is 0.130. The molecule has 1 heterocycles. The fourth-order valence-corrected chi connectivity index (χ4v) is 3.30. The molecule has 26 heavy (non-hydrogen) atoms. The molecule has 4 rings (SSSR count). The van der Waals surface area contributed by atoms with E-state index >= 15 is 0 Å². The maximum Gasteiger partial charge on any atom is 0.189 e. The Morgan fingerprint density at radius 3 is 2.77 bits per heavy atom. The molecular weight excluding hydrogens is 326 g/mol. The van der Waals surface area contributed by atoms with Crippen LogP contribution in [0.5, 0.6) is 11.5 Å². The molecule has 0 aromatic heterocycles. The summed E-state index contributed by atoms with van der Waals surface area (Å²) in [5, 5.41) is 3.33. The highest BCUT2D eigenvalue weighted by Crippen LogP contribution is 2.31. The molecule has 1 fully saturated rings. The number of nitrogens with two attached hydrogens (primary N) is 1. The molecule has 2 aromatic rings. The van der Waals surface area contributed by atoms with Gasteiger partial charge in [-0.25, -0.2) is 4.99 Å². The molecule has 0 spiro atoms. The van der Waals surface area contributed by atoms with Crippen LogP contribution in [0.25, 0.3) is 0 Å². The number of benzene rings is 2. The van der Waals surface area contributed by atoms with Crippen molar-refractivity contribution in [3.8, 4) is 11.5 Å². The van der Waals surface area contributed by atoms with E-state index < -0.39 is 0 Å². The molecular formula is C21H25N3O2. The fourth-order valence-electron chi connectivity index (χ4n) is 3.30. The number of fused-ring (bicyclic) bond motifs is 1. The standard InChI is InChI=1S/C21H25N3O2/c22-21(24-18-12-13-25-20-11-4-2-9-17(18)20)23-14-15-6-1-3-10-19(15)26-16-7-5-8-16/h1-4,6,9-11,16,18H,5,7-8,12-14H2,(H3,22,23,24). The molecule has 0 bridgehead atoms. The first-order valence-electron chi connectivity index (χ1n) is 9.32. The van der Waals surface area contributed by atoms with Crippen LogP contribution in [0, 0.1) is 0 Å². The summed E-state index contributed by atoms with van der Waals surface area (Å²) < 4.78 is 11.8. The van der Waals surface area contributed by atoms with Gasteiger partial charge in [0, 0.05) is 17.5 Å². The van der Waals surface area contributed by atoms with Crippen molar-refractivity contribution < 1.29 is 9.47 Å². The highest BCUT2D eigenvalue weighted by atomic mass is 16.5. The van der Waals surface area contributed by atoms with E-state index in [1.165, 1.54) is 6.42 Å². The number of ether oxygens (including phenoxy) is 2. The molecule has 0 saturated heterocycles. The number of para-hydroxylation sites is 2. The topological polar surface area (TPSA) is 68.9 Å². The predicted octanol–water partition coefficient (Wildman–Crippen LogP) is 3.55. The van der Waals surface area contributed by atoms with Crippen molar-refractivity contribution in [2.45, 2.75) is 44.4 Å². The average molecular weight is 351 g/mol. The summed E-state index contributed by atoms with van der Waals surface area (Å²) in [6.07, 6.45) is 4.77. The van der Waals surface area contributed by atoms with Gasteiger partial charge >= 0.3 is 0 Å². The zero-order valence-corrected chi connectivity index (χ0v) is 14.9. The van der Waals surface area contributed by atoms with Gasteiger partial charge in [-0.1, -0.05) is 36.4 Å². The van der Waals surface area contributed by atoms with Crippen LogP contribution in [0.3, 0.4) is 0 Å². The smallest absolute Gasteiger partial charge is 0.189 e. The minimum Gasteiger partial charge on any atom is -0.493 e. The third-order valence-electron chi connectivity index (χ3n) is 5.02. The molecule has 2 aliphatic rings. The molecule has 2 aromatic carbocycles. The lowest BCUT2D eigenvalue weighted by Gasteiger charge is -2.27. The Balaban J connectivity index is 1.42. The Bertz CT molecular complexity index is 786. The lowest BCUT2D eigenvalue weighted by atomic mass is 9.96. The van der Waals surface area contributed by atoms with Crippen LogP contribution in [-0.2, 0) is 6.54 Å². The van der Waals surface area contributed by atoms with Gasteiger partial charge in [-0.05, 0) is 31.4 Å². The van der Waals surface area contributed by atoms with Crippen LogP contribution in [0.1, 0.15) is 42.9 Å². The molecule has 1 unspecified atom stereocenters. The molecule has 0 radical (unpaired) electrons. The van der Waals surface area contributed by atoms with E-state index in [9.17, 15) is 0 Å². The first kappa shape index (κ1) is 16.8. The Kier molecular flexibility index (Phi) is 4.95. The zero-order chi connectivity index (χ0) is 17.8. The van der Waals surface area contributed by atoms with Gasteiger partial charge in [0.25, 0.3) is 0 Å². The van der Waals surface area contributed by atoms with Crippen LogP contribution < -0.4 is 20.5 Å². The fraction of sp³-hybridized carbons (Fsp3) is 0.381. The second kappa shape index (κ2) is 7.68. The summed E-state index contributed by atoms with van der Waals surface area (Å²) in [7, 11) is 0. The number of aliphatic imine (C=N–C) groups is 1. The Hall–Kier alpha value is -2.69. The Morgan fingerprint density at radius 1 is 1.12 bits per heavy atom. The van der Waals surface area contributed by atoms with E-state index in [-0.39, 0.29) is 6.04 Å². The van der Waals surface area contributed by atoms with Crippen molar-refractivity contribution in [1.29, 1.82) is 0 Å². The Morgan fingerprint density at radius 2 is 1.92 bits per heavy atom. The number of hydrogen-bond donors (Lipinski definition) is 2. The first-order chi connectivity index (χ1) is 12.8. The minimum atomic E-state index is 0.130. The van der Waals surface area contributed by atoms with E-state index in [2.05, 4.69) is 22.4 Å². The number of hydrogen-bond acceptors (Lipinski definition) is 3. The van der Waals surface area contributed by atoms with E-state index in [4.69, 9.17) is 15.2 Å². The Labute approximate surface area is 154 Å². The molecule has 1 aliphatic carbocycles. The van der Waals surface area contributed by atoms with Crippen LogP contribution in [-0.4, -0.2) is 18.7 Å². The van der Waals surface area contributed by atoms with Crippen molar-refractivity contribution in [3.05, 3.63) is 59.7 Å². The van der Waals surface area contributed by atoms with E-state index in [0.717, 1.165) is 41.9 Å². The van der Waals surface area contributed by atoms with Crippen molar-refractivity contribution in [2.75, 3.05) is 6.61 Å². The van der Waals surface area contributed by atoms with Gasteiger partial charge in [-0.2, -0.15) is 0 Å². The van der Waals surface area contributed by atoms with Crippen molar-refractivity contribution in [1.82, 2.24) is 5.32 Å². The summed E-state index contributed by atoms with van der Waals surface area (Å²) in [6.45, 7) is 1.19. The predicted molar refractivity (Wildman–Crippen MR) is 102 cm³/mol. The summed E-state index contributed by atoms with van der Waals surface area (Å²) in [5.41, 5.74) is 8.35. The quantitative estimate of drug-likeness (QED) is 0.638. The monoisotopic (exact) mass is 351 g/mol. The van der Waals surface area contributed by atoms with Gasteiger partial charge in [-0.3, -0.25) is 0 Å². The second-order valence-corrected chi connectivity index (χ2v) is 6.85. The summed E-state index contributed by atoms with van der Waals surface area (Å²) in [5.74, 6) is 2.29. The van der Waals surface area contributed by atoms with Gasteiger partial charge in [0.1, 0.15) is 11.5 Å². The van der Waals surface area contributed by atoms with Gasteiger partial charge < -0.3 is 20.5 Å². The van der Waals surface area contributed by atoms with E-state index in [1.807, 2.05) is 36.4 Å².